The van der Waals surface area contributed by atoms with E-state index in [-0.39, 0.29) is 11.7 Å². The van der Waals surface area contributed by atoms with Gasteiger partial charge in [-0.15, -0.1) is 0 Å². The van der Waals surface area contributed by atoms with Crippen molar-refractivity contribution in [2.24, 2.45) is 5.92 Å². The van der Waals surface area contributed by atoms with Gasteiger partial charge in [-0.3, -0.25) is 14.4 Å². The van der Waals surface area contributed by atoms with E-state index in [2.05, 4.69) is 10.1 Å². The van der Waals surface area contributed by atoms with E-state index in [1.807, 2.05) is 0 Å². The minimum atomic E-state index is -1.09. The monoisotopic (exact) mass is 297 g/mol. The van der Waals surface area contributed by atoms with Crippen molar-refractivity contribution in [2.45, 2.75) is 19.9 Å². The van der Waals surface area contributed by atoms with Crippen LogP contribution in [0.2, 0.25) is 5.02 Å². The topological polar surface area (TPSA) is 72.5 Å². The molecule has 1 aromatic rings. The van der Waals surface area contributed by atoms with E-state index >= 15 is 0 Å². The molecule has 2 atom stereocenters. The van der Waals surface area contributed by atoms with Crippen molar-refractivity contribution in [3.05, 3.63) is 34.9 Å². The Kier molecular flexibility index (Phi) is 5.70. The molecule has 1 rings (SSSR count). The Labute approximate surface area is 122 Å². The van der Waals surface area contributed by atoms with Crippen molar-refractivity contribution < 1.29 is 19.1 Å². The molecule has 0 aliphatic rings. The zero-order chi connectivity index (χ0) is 15.3. The van der Waals surface area contributed by atoms with Crippen molar-refractivity contribution in [3.8, 4) is 0 Å². The Bertz CT molecular complexity index is 512. The molecular weight excluding hydrogens is 282 g/mol. The number of methoxy groups -OCH3 is 1. The number of halogens is 1. The smallest absolute Gasteiger partial charge is 0.318 e. The number of hydrogen-bond acceptors (Lipinski definition) is 4. The molecule has 0 unspecified atom stereocenters. The highest BCUT2D eigenvalue weighted by atomic mass is 35.5. The number of carbonyl (C=O) groups is 3. The molecule has 0 aliphatic carbocycles. The van der Waals surface area contributed by atoms with Gasteiger partial charge in [0.2, 0.25) is 5.91 Å². The molecule has 108 valence electrons. The van der Waals surface area contributed by atoms with Gasteiger partial charge in [0.1, 0.15) is 11.7 Å². The summed E-state index contributed by atoms with van der Waals surface area (Å²) in [4.78, 5) is 34.9. The zero-order valence-corrected chi connectivity index (χ0v) is 12.2. The van der Waals surface area contributed by atoms with Crippen LogP contribution >= 0.6 is 11.6 Å². The number of hydrogen-bond donors (Lipinski definition) is 1. The molecule has 0 aromatic heterocycles. The summed E-state index contributed by atoms with van der Waals surface area (Å²) in [7, 11) is 1.20. The normalized spacial score (nSPS) is 13.2. The summed E-state index contributed by atoms with van der Waals surface area (Å²) in [6, 6.07) is 5.78. The van der Waals surface area contributed by atoms with Crippen molar-refractivity contribution in [1.29, 1.82) is 0 Å². The maximum Gasteiger partial charge on any atom is 0.318 e. The molecule has 0 saturated carbocycles. The van der Waals surface area contributed by atoms with E-state index < -0.39 is 17.9 Å². The summed E-state index contributed by atoms with van der Waals surface area (Å²) in [5, 5.41) is 3.13. The standard InChI is InChI=1S/C14H16ClNO4/c1-8(17)12(14(19)20-3)13(16-9(2)18)10-4-6-11(15)7-5-10/h4-7,12-13H,1-3H3,(H,16,18)/t12-,13+/m1/s1. The number of amides is 1. The van der Waals surface area contributed by atoms with Crippen LogP contribution in [-0.4, -0.2) is 24.8 Å². The van der Waals surface area contributed by atoms with Crippen LogP contribution < -0.4 is 5.32 Å². The number of Topliss-reactive ketones (excluding diaryl/α,β-unsaturated/α-hetero) is 1. The quantitative estimate of drug-likeness (QED) is 0.665. The summed E-state index contributed by atoms with van der Waals surface area (Å²) in [6.07, 6.45) is 0. The highest BCUT2D eigenvalue weighted by Gasteiger charge is 2.35. The van der Waals surface area contributed by atoms with Crippen molar-refractivity contribution in [3.63, 3.8) is 0 Å². The molecule has 1 amide bonds. The van der Waals surface area contributed by atoms with Crippen LogP contribution in [0.4, 0.5) is 0 Å². The first kappa shape index (κ1) is 16.2. The van der Waals surface area contributed by atoms with Gasteiger partial charge in [0.05, 0.1) is 13.2 Å². The molecule has 0 heterocycles. The number of rotatable bonds is 5. The molecule has 5 nitrogen and oxygen atoms in total. The van der Waals surface area contributed by atoms with E-state index in [9.17, 15) is 14.4 Å². The third-order valence-electron chi connectivity index (χ3n) is 2.81. The number of benzene rings is 1. The lowest BCUT2D eigenvalue weighted by Crippen LogP contribution is -2.39. The Morgan fingerprint density at radius 2 is 1.70 bits per heavy atom. The summed E-state index contributed by atoms with van der Waals surface area (Å²) < 4.78 is 4.64. The van der Waals surface area contributed by atoms with Crippen LogP contribution in [0, 0.1) is 5.92 Å². The van der Waals surface area contributed by atoms with E-state index in [1.54, 1.807) is 24.3 Å². The molecule has 0 spiro atoms. The highest BCUT2D eigenvalue weighted by molar-refractivity contribution is 6.30. The number of nitrogens with one attached hydrogen (secondary N) is 1. The van der Waals surface area contributed by atoms with Crippen LogP contribution in [0.1, 0.15) is 25.5 Å². The molecule has 6 heteroatoms. The van der Waals surface area contributed by atoms with Gasteiger partial charge in [-0.05, 0) is 24.6 Å². The number of carbonyl (C=O) groups excluding carboxylic acids is 3. The van der Waals surface area contributed by atoms with Gasteiger partial charge in [0, 0.05) is 11.9 Å². The Hall–Kier alpha value is -1.88. The fraction of sp³-hybridized carbons (Fsp3) is 0.357. The predicted molar refractivity (Wildman–Crippen MR) is 74.2 cm³/mol. The summed E-state index contributed by atoms with van der Waals surface area (Å²) in [5.74, 6) is -2.51. The van der Waals surface area contributed by atoms with Gasteiger partial charge in [0.25, 0.3) is 0 Å². The lowest BCUT2D eigenvalue weighted by molar-refractivity contribution is -0.150. The SMILES string of the molecule is COC(=O)[C@H](C(C)=O)[C@@H](NC(C)=O)c1ccc(Cl)cc1. The largest absolute Gasteiger partial charge is 0.468 e. The van der Waals surface area contributed by atoms with Gasteiger partial charge >= 0.3 is 5.97 Å². The number of esters is 1. The first-order valence-electron chi connectivity index (χ1n) is 5.97. The molecule has 0 bridgehead atoms. The average Bonchev–Trinajstić information content (AvgIpc) is 2.37. The van der Waals surface area contributed by atoms with E-state index in [0.29, 0.717) is 10.6 Å². The van der Waals surface area contributed by atoms with Crippen LogP contribution in [0.3, 0.4) is 0 Å². The Morgan fingerprint density at radius 1 is 1.15 bits per heavy atom. The summed E-state index contributed by atoms with van der Waals surface area (Å²) >= 11 is 5.81. The second-order valence-corrected chi connectivity index (χ2v) is 4.78. The summed E-state index contributed by atoms with van der Waals surface area (Å²) in [6.45, 7) is 2.60. The molecule has 1 aromatic carbocycles. The maximum atomic E-state index is 11.8. The third kappa shape index (κ3) is 4.06. The lowest BCUT2D eigenvalue weighted by Gasteiger charge is -2.24. The van der Waals surface area contributed by atoms with Crippen LogP contribution in [-0.2, 0) is 19.1 Å². The van der Waals surface area contributed by atoms with E-state index in [1.165, 1.54) is 21.0 Å². The van der Waals surface area contributed by atoms with Crippen molar-refractivity contribution >= 4 is 29.3 Å². The van der Waals surface area contributed by atoms with Crippen LogP contribution in [0.15, 0.2) is 24.3 Å². The molecule has 0 radical (unpaired) electrons. The van der Waals surface area contributed by atoms with Gasteiger partial charge in [0.15, 0.2) is 0 Å². The average molecular weight is 298 g/mol. The van der Waals surface area contributed by atoms with Crippen LogP contribution in [0.5, 0.6) is 0 Å². The van der Waals surface area contributed by atoms with Crippen LogP contribution in [0.25, 0.3) is 0 Å². The minimum absolute atomic E-state index is 0.347. The van der Waals surface area contributed by atoms with Gasteiger partial charge in [-0.2, -0.15) is 0 Å². The first-order valence-corrected chi connectivity index (χ1v) is 6.35. The Balaban J connectivity index is 3.21. The second-order valence-electron chi connectivity index (χ2n) is 4.34. The third-order valence-corrected chi connectivity index (χ3v) is 3.07. The molecular formula is C14H16ClNO4. The molecule has 0 aliphatic heterocycles. The predicted octanol–water partition coefficient (Wildman–Crippen LogP) is 1.90. The minimum Gasteiger partial charge on any atom is -0.468 e. The van der Waals surface area contributed by atoms with Gasteiger partial charge in [-0.1, -0.05) is 23.7 Å². The number of ketones is 1. The van der Waals surface area contributed by atoms with Crippen molar-refractivity contribution in [1.82, 2.24) is 5.32 Å². The summed E-state index contributed by atoms with van der Waals surface area (Å²) in [5.41, 5.74) is 0.607. The van der Waals surface area contributed by atoms with E-state index in [4.69, 9.17) is 11.6 Å². The van der Waals surface area contributed by atoms with Gasteiger partial charge in [-0.25, -0.2) is 0 Å². The second kappa shape index (κ2) is 7.05. The number of ether oxygens (including phenoxy) is 1. The van der Waals surface area contributed by atoms with Gasteiger partial charge < -0.3 is 10.1 Å². The molecule has 0 saturated heterocycles. The fourth-order valence-corrected chi connectivity index (χ4v) is 2.04. The maximum absolute atomic E-state index is 11.8. The molecule has 1 N–H and O–H groups in total. The first-order chi connectivity index (χ1) is 9.36. The van der Waals surface area contributed by atoms with E-state index in [0.717, 1.165) is 0 Å². The molecule has 0 fully saturated rings. The van der Waals surface area contributed by atoms with Crippen molar-refractivity contribution in [2.75, 3.05) is 7.11 Å². The lowest BCUT2D eigenvalue weighted by atomic mass is 9.90. The Morgan fingerprint density at radius 3 is 2.10 bits per heavy atom. The molecule has 20 heavy (non-hydrogen) atoms. The highest BCUT2D eigenvalue weighted by Crippen LogP contribution is 2.25. The fourth-order valence-electron chi connectivity index (χ4n) is 1.91. The zero-order valence-electron chi connectivity index (χ0n) is 11.5.